The van der Waals surface area contributed by atoms with E-state index in [1.807, 2.05) is 43.0 Å². The molecule has 17 heavy (non-hydrogen) atoms. The maximum Gasteiger partial charge on any atom is 0.243 e. The van der Waals surface area contributed by atoms with Gasteiger partial charge in [-0.25, -0.2) is 0 Å². The Morgan fingerprint density at radius 1 is 1.29 bits per heavy atom. The van der Waals surface area contributed by atoms with Crippen LogP contribution in [0.5, 0.6) is 0 Å². The van der Waals surface area contributed by atoms with E-state index in [-0.39, 0.29) is 5.91 Å². The lowest BCUT2D eigenvalue weighted by molar-refractivity contribution is -0.122. The van der Waals surface area contributed by atoms with Crippen LogP contribution in [-0.2, 0) is 4.79 Å². The number of primary amides is 1. The third-order valence-electron chi connectivity index (χ3n) is 3.25. The third kappa shape index (κ3) is 2.75. The summed E-state index contributed by atoms with van der Waals surface area (Å²) in [5, 5.41) is 3.33. The molecule has 1 fully saturated rings. The van der Waals surface area contributed by atoms with Crippen molar-refractivity contribution in [3.8, 4) is 0 Å². The van der Waals surface area contributed by atoms with Crippen LogP contribution in [0.2, 0.25) is 0 Å². The molecule has 0 bridgehead atoms. The van der Waals surface area contributed by atoms with Crippen LogP contribution in [0.3, 0.4) is 0 Å². The van der Waals surface area contributed by atoms with E-state index in [1.165, 1.54) is 5.56 Å². The summed E-state index contributed by atoms with van der Waals surface area (Å²) in [5.41, 5.74) is 7.20. The Labute approximate surface area is 106 Å². The van der Waals surface area contributed by atoms with Crippen LogP contribution in [0.15, 0.2) is 24.3 Å². The average Bonchev–Trinajstić information content (AvgIpc) is 2.33. The second-order valence-electron chi connectivity index (χ2n) is 4.55. The van der Waals surface area contributed by atoms with Crippen molar-refractivity contribution in [3.63, 3.8) is 0 Å². The molecule has 0 atom stereocenters. The fourth-order valence-corrected chi connectivity index (χ4v) is 3.26. The number of carbonyl (C=O) groups excluding carboxylic acids is 1. The SMILES string of the molecule is Cc1ccc(NC2(C(N)=O)CCSCC2)cc1. The molecule has 3 N–H and O–H groups in total. The molecule has 0 unspecified atom stereocenters. The minimum absolute atomic E-state index is 0.238. The normalized spacial score (nSPS) is 18.6. The molecule has 1 aliphatic rings. The molecule has 1 heterocycles. The Balaban J connectivity index is 2.17. The first kappa shape index (κ1) is 12.3. The predicted octanol–water partition coefficient (Wildman–Crippen LogP) is 2.16. The predicted molar refractivity (Wildman–Crippen MR) is 73.3 cm³/mol. The van der Waals surface area contributed by atoms with Gasteiger partial charge in [-0.15, -0.1) is 0 Å². The average molecular weight is 250 g/mol. The zero-order valence-electron chi connectivity index (χ0n) is 10.0. The van der Waals surface area contributed by atoms with Gasteiger partial charge in [0.1, 0.15) is 5.54 Å². The summed E-state index contributed by atoms with van der Waals surface area (Å²) >= 11 is 1.88. The van der Waals surface area contributed by atoms with Gasteiger partial charge in [-0.2, -0.15) is 11.8 Å². The number of amides is 1. The van der Waals surface area contributed by atoms with Crippen molar-refractivity contribution >= 4 is 23.4 Å². The zero-order chi connectivity index (χ0) is 12.3. The van der Waals surface area contributed by atoms with Crippen molar-refractivity contribution in [2.75, 3.05) is 16.8 Å². The second kappa shape index (κ2) is 5.00. The standard InChI is InChI=1S/C13H18N2OS/c1-10-2-4-11(5-3-10)15-13(12(14)16)6-8-17-9-7-13/h2-5,15H,6-9H2,1H3,(H2,14,16). The van der Waals surface area contributed by atoms with Gasteiger partial charge < -0.3 is 11.1 Å². The largest absolute Gasteiger partial charge is 0.371 e. The molecule has 0 aliphatic carbocycles. The van der Waals surface area contributed by atoms with Crippen molar-refractivity contribution in [2.45, 2.75) is 25.3 Å². The third-order valence-corrected chi connectivity index (χ3v) is 4.24. The van der Waals surface area contributed by atoms with Gasteiger partial charge in [-0.05, 0) is 43.4 Å². The van der Waals surface area contributed by atoms with E-state index in [0.717, 1.165) is 30.0 Å². The number of thioether (sulfide) groups is 1. The molecule has 1 aromatic carbocycles. The van der Waals surface area contributed by atoms with Crippen LogP contribution in [-0.4, -0.2) is 23.0 Å². The van der Waals surface area contributed by atoms with E-state index in [4.69, 9.17) is 5.73 Å². The summed E-state index contributed by atoms with van der Waals surface area (Å²) in [5.74, 6) is 1.74. The smallest absolute Gasteiger partial charge is 0.243 e. The molecule has 1 amide bonds. The highest BCUT2D eigenvalue weighted by atomic mass is 32.2. The molecule has 1 aliphatic heterocycles. The summed E-state index contributed by atoms with van der Waals surface area (Å²) < 4.78 is 0. The minimum Gasteiger partial charge on any atom is -0.371 e. The molecule has 0 aromatic heterocycles. The van der Waals surface area contributed by atoms with Crippen LogP contribution >= 0.6 is 11.8 Å². The molecular formula is C13H18N2OS. The van der Waals surface area contributed by atoms with E-state index in [1.54, 1.807) is 0 Å². The first-order valence-corrected chi connectivity index (χ1v) is 7.00. The Morgan fingerprint density at radius 3 is 2.41 bits per heavy atom. The second-order valence-corrected chi connectivity index (χ2v) is 5.77. The highest BCUT2D eigenvalue weighted by Gasteiger charge is 2.37. The summed E-state index contributed by atoms with van der Waals surface area (Å²) in [6.07, 6.45) is 1.61. The summed E-state index contributed by atoms with van der Waals surface area (Å²) in [6.45, 7) is 2.05. The molecule has 0 spiro atoms. The first-order valence-electron chi connectivity index (χ1n) is 5.85. The van der Waals surface area contributed by atoms with Crippen LogP contribution in [0.25, 0.3) is 0 Å². The van der Waals surface area contributed by atoms with Gasteiger partial charge in [-0.1, -0.05) is 17.7 Å². The molecule has 92 valence electrons. The van der Waals surface area contributed by atoms with Crippen molar-refractivity contribution in [1.82, 2.24) is 0 Å². The van der Waals surface area contributed by atoms with Gasteiger partial charge in [0.2, 0.25) is 5.91 Å². The molecule has 0 radical (unpaired) electrons. The summed E-state index contributed by atoms with van der Waals surface area (Å²) in [7, 11) is 0. The molecule has 4 heteroatoms. The minimum atomic E-state index is -0.555. The number of nitrogens with two attached hydrogens (primary N) is 1. The molecule has 2 rings (SSSR count). The summed E-state index contributed by atoms with van der Waals surface area (Å²) in [6, 6.07) is 8.08. The number of aryl methyl sites for hydroxylation is 1. The number of nitrogens with one attached hydrogen (secondary N) is 1. The van der Waals surface area contributed by atoms with Gasteiger partial charge in [0, 0.05) is 5.69 Å². The maximum atomic E-state index is 11.7. The number of benzene rings is 1. The maximum absolute atomic E-state index is 11.7. The van der Waals surface area contributed by atoms with Crippen LogP contribution in [0.1, 0.15) is 18.4 Å². The van der Waals surface area contributed by atoms with E-state index in [9.17, 15) is 4.79 Å². The molecular weight excluding hydrogens is 232 g/mol. The van der Waals surface area contributed by atoms with Gasteiger partial charge in [0.15, 0.2) is 0 Å². The fourth-order valence-electron chi connectivity index (χ4n) is 2.07. The molecule has 1 saturated heterocycles. The topological polar surface area (TPSA) is 55.1 Å². The van der Waals surface area contributed by atoms with Gasteiger partial charge in [0.05, 0.1) is 0 Å². The highest BCUT2D eigenvalue weighted by Crippen LogP contribution is 2.30. The van der Waals surface area contributed by atoms with Crippen LogP contribution in [0, 0.1) is 6.92 Å². The number of rotatable bonds is 3. The number of carbonyl (C=O) groups is 1. The van der Waals surface area contributed by atoms with Gasteiger partial charge in [-0.3, -0.25) is 4.79 Å². The van der Waals surface area contributed by atoms with Crippen molar-refractivity contribution < 1.29 is 4.79 Å². The fraction of sp³-hybridized carbons (Fsp3) is 0.462. The monoisotopic (exact) mass is 250 g/mol. The van der Waals surface area contributed by atoms with E-state index < -0.39 is 5.54 Å². The highest BCUT2D eigenvalue weighted by molar-refractivity contribution is 7.99. The van der Waals surface area contributed by atoms with E-state index >= 15 is 0 Å². The Bertz CT molecular complexity index is 396. The summed E-state index contributed by atoms with van der Waals surface area (Å²) in [4.78, 5) is 11.7. The van der Waals surface area contributed by atoms with Crippen LogP contribution < -0.4 is 11.1 Å². The van der Waals surface area contributed by atoms with Crippen molar-refractivity contribution in [1.29, 1.82) is 0 Å². The van der Waals surface area contributed by atoms with E-state index in [2.05, 4.69) is 5.32 Å². The van der Waals surface area contributed by atoms with Gasteiger partial charge in [0.25, 0.3) is 0 Å². The molecule has 1 aromatic rings. The quantitative estimate of drug-likeness (QED) is 0.864. The van der Waals surface area contributed by atoms with Crippen molar-refractivity contribution in [3.05, 3.63) is 29.8 Å². The molecule has 0 saturated carbocycles. The van der Waals surface area contributed by atoms with Gasteiger partial charge >= 0.3 is 0 Å². The Hall–Kier alpha value is -1.16. The lowest BCUT2D eigenvalue weighted by Gasteiger charge is -2.35. The van der Waals surface area contributed by atoms with Crippen molar-refractivity contribution in [2.24, 2.45) is 5.73 Å². The Kier molecular flexibility index (Phi) is 3.62. The lowest BCUT2D eigenvalue weighted by atomic mass is 9.91. The lowest BCUT2D eigenvalue weighted by Crippen LogP contribution is -2.52. The number of anilines is 1. The zero-order valence-corrected chi connectivity index (χ0v) is 10.8. The number of hydrogen-bond donors (Lipinski definition) is 2. The first-order chi connectivity index (χ1) is 8.12. The van der Waals surface area contributed by atoms with E-state index in [0.29, 0.717) is 0 Å². The Morgan fingerprint density at radius 2 is 1.88 bits per heavy atom. The molecule has 3 nitrogen and oxygen atoms in total. The number of hydrogen-bond acceptors (Lipinski definition) is 3. The van der Waals surface area contributed by atoms with Crippen LogP contribution in [0.4, 0.5) is 5.69 Å².